The molecule has 3 aliphatic heterocycles. The van der Waals surface area contributed by atoms with Gasteiger partial charge in [-0.3, -0.25) is 9.69 Å². The van der Waals surface area contributed by atoms with Crippen LogP contribution in [0, 0.1) is 5.41 Å². The Morgan fingerprint density at radius 2 is 1.91 bits per heavy atom. The lowest BCUT2D eigenvalue weighted by atomic mass is 9.80. The molecule has 1 spiro atoms. The third-order valence-corrected chi connectivity index (χ3v) is 8.94. The van der Waals surface area contributed by atoms with E-state index in [1.54, 1.807) is 7.11 Å². The van der Waals surface area contributed by atoms with E-state index in [-0.39, 0.29) is 5.60 Å². The third-order valence-electron chi connectivity index (χ3n) is 8.57. The number of halogens is 1. The summed E-state index contributed by atoms with van der Waals surface area (Å²) in [5, 5.41) is 14.7. The first-order chi connectivity index (χ1) is 16.3. The Labute approximate surface area is 206 Å². The highest BCUT2D eigenvalue weighted by molar-refractivity contribution is 6.33. The molecule has 6 rings (SSSR count). The number of methoxy groups -OCH3 is 1. The maximum absolute atomic E-state index is 11.5. The molecule has 184 valence electrons. The molecule has 2 saturated heterocycles. The molecule has 1 aromatic carbocycles. The van der Waals surface area contributed by atoms with Gasteiger partial charge >= 0.3 is 5.97 Å². The number of amidine groups is 1. The zero-order chi connectivity index (χ0) is 23.7. The number of ether oxygens (including phenoxy) is 1. The zero-order valence-corrected chi connectivity index (χ0v) is 20.9. The number of carboxylic acid groups (broad SMARTS) is 1. The molecule has 7 nitrogen and oxygen atoms in total. The zero-order valence-electron chi connectivity index (χ0n) is 20.1. The second-order valence-corrected chi connectivity index (χ2v) is 11.8. The summed E-state index contributed by atoms with van der Waals surface area (Å²) in [5.74, 6) is 2.39. The second-order valence-electron chi connectivity index (χ2n) is 11.4. The molecule has 0 radical (unpaired) electrons. The molecule has 2 aliphatic carbocycles. The Hall–Kier alpha value is -1.99. The summed E-state index contributed by atoms with van der Waals surface area (Å²) in [6, 6.07) is 2.37. The minimum absolute atomic E-state index is 0.257. The van der Waals surface area contributed by atoms with Crippen molar-refractivity contribution in [3.63, 3.8) is 0 Å². The quantitative estimate of drug-likeness (QED) is 0.633. The lowest BCUT2D eigenvalue weighted by Gasteiger charge is -2.46. The molecule has 0 aromatic heterocycles. The van der Waals surface area contributed by atoms with Crippen molar-refractivity contribution in [3.05, 3.63) is 27.8 Å². The minimum Gasteiger partial charge on any atom is -0.495 e. The standard InChI is InChI=1S/C26H34ClN3O4/c1-25(24(31)32)7-9-30(10-8-25)20-12-26(34-28-20)14-29(15-26)13-18-11-19(16-3-4-16)21(17-5-6-17)22(27)23(18)33-2/h11,16-17H,3-10,12-15H2,1-2H3,(H,31,32). The number of nitrogens with zero attached hydrogens (tertiary/aromatic N) is 3. The molecule has 1 N–H and O–H groups in total. The van der Waals surface area contributed by atoms with Crippen molar-refractivity contribution in [3.8, 4) is 5.75 Å². The fraction of sp³-hybridized carbons (Fsp3) is 0.692. The predicted molar refractivity (Wildman–Crippen MR) is 130 cm³/mol. The van der Waals surface area contributed by atoms with E-state index in [1.807, 2.05) is 6.92 Å². The Balaban J connectivity index is 1.09. The van der Waals surface area contributed by atoms with E-state index < -0.39 is 11.4 Å². The number of rotatable bonds is 6. The van der Waals surface area contributed by atoms with Crippen LogP contribution < -0.4 is 4.74 Å². The van der Waals surface area contributed by atoms with Gasteiger partial charge in [0.15, 0.2) is 5.60 Å². The lowest BCUT2D eigenvalue weighted by Crippen LogP contribution is -2.61. The average Bonchev–Trinajstić information content (AvgIpc) is 3.71. The molecule has 1 aromatic rings. The highest BCUT2D eigenvalue weighted by Crippen LogP contribution is 2.54. The molecule has 4 fully saturated rings. The first kappa shape index (κ1) is 22.5. The SMILES string of the molecule is COc1c(CN2CC3(CC(N4CCC(C)(C(=O)O)CC4)=NO3)C2)cc(C2CC2)c(C2CC2)c1Cl. The van der Waals surface area contributed by atoms with Crippen molar-refractivity contribution in [2.45, 2.75) is 75.9 Å². The van der Waals surface area contributed by atoms with Gasteiger partial charge in [0.05, 0.1) is 24.0 Å². The summed E-state index contributed by atoms with van der Waals surface area (Å²) in [6.45, 7) is 5.73. The number of hydrogen-bond donors (Lipinski definition) is 1. The molecule has 0 amide bonds. The summed E-state index contributed by atoms with van der Waals surface area (Å²) in [5.41, 5.74) is 3.10. The number of oxime groups is 1. The number of aliphatic carboxylic acids is 1. The van der Waals surface area contributed by atoms with Crippen LogP contribution in [-0.2, 0) is 16.2 Å². The molecule has 0 atom stereocenters. The Bertz CT molecular complexity index is 1030. The first-order valence-corrected chi connectivity index (χ1v) is 13.0. The number of benzene rings is 1. The van der Waals surface area contributed by atoms with Crippen LogP contribution in [0.4, 0.5) is 0 Å². The normalized spacial score (nSPS) is 25.6. The number of hydrogen-bond acceptors (Lipinski definition) is 6. The average molecular weight is 488 g/mol. The first-order valence-electron chi connectivity index (χ1n) is 12.7. The number of piperidine rings is 1. The summed E-state index contributed by atoms with van der Waals surface area (Å²) in [7, 11) is 1.73. The maximum atomic E-state index is 11.5. The monoisotopic (exact) mass is 487 g/mol. The molecule has 3 heterocycles. The van der Waals surface area contributed by atoms with E-state index in [4.69, 9.17) is 21.2 Å². The van der Waals surface area contributed by atoms with Gasteiger partial charge in [-0.15, -0.1) is 0 Å². The van der Waals surface area contributed by atoms with Gasteiger partial charge in [0.25, 0.3) is 0 Å². The third kappa shape index (κ3) is 3.85. The fourth-order valence-corrected chi connectivity index (χ4v) is 6.48. The van der Waals surface area contributed by atoms with Gasteiger partial charge in [-0.2, -0.15) is 0 Å². The van der Waals surface area contributed by atoms with Crippen LogP contribution in [-0.4, -0.2) is 65.6 Å². The van der Waals surface area contributed by atoms with Crippen molar-refractivity contribution < 1.29 is 19.5 Å². The summed E-state index contributed by atoms with van der Waals surface area (Å²) >= 11 is 6.91. The predicted octanol–water partition coefficient (Wildman–Crippen LogP) is 4.58. The van der Waals surface area contributed by atoms with Crippen molar-refractivity contribution in [1.82, 2.24) is 9.80 Å². The van der Waals surface area contributed by atoms with Crippen molar-refractivity contribution in [2.75, 3.05) is 33.3 Å². The summed E-state index contributed by atoms with van der Waals surface area (Å²) < 4.78 is 5.81. The van der Waals surface area contributed by atoms with E-state index in [0.717, 1.165) is 55.8 Å². The van der Waals surface area contributed by atoms with Crippen LogP contribution in [0.15, 0.2) is 11.2 Å². The number of carbonyl (C=O) groups is 1. The highest BCUT2D eigenvalue weighted by Gasteiger charge is 2.51. The van der Waals surface area contributed by atoms with Crippen LogP contribution in [0.3, 0.4) is 0 Å². The Kier molecular flexibility index (Phi) is 5.30. The molecule has 0 bridgehead atoms. The Morgan fingerprint density at radius 1 is 1.24 bits per heavy atom. The number of likely N-dealkylation sites (tertiary alicyclic amines) is 2. The van der Waals surface area contributed by atoms with Crippen molar-refractivity contribution in [2.24, 2.45) is 10.6 Å². The lowest BCUT2D eigenvalue weighted by molar-refractivity contribution is -0.150. The van der Waals surface area contributed by atoms with Gasteiger partial charge in [-0.25, -0.2) is 0 Å². The number of carboxylic acids is 1. The van der Waals surface area contributed by atoms with Gasteiger partial charge in [0, 0.05) is 38.3 Å². The smallest absolute Gasteiger partial charge is 0.309 e. The molecule has 5 aliphatic rings. The maximum Gasteiger partial charge on any atom is 0.309 e. The molecule has 34 heavy (non-hydrogen) atoms. The second kappa shape index (κ2) is 8.02. The van der Waals surface area contributed by atoms with Crippen molar-refractivity contribution >= 4 is 23.4 Å². The van der Waals surface area contributed by atoms with Crippen LogP contribution in [0.5, 0.6) is 5.75 Å². The van der Waals surface area contributed by atoms with Gasteiger partial charge < -0.3 is 19.6 Å². The van der Waals surface area contributed by atoms with Crippen molar-refractivity contribution in [1.29, 1.82) is 0 Å². The van der Waals surface area contributed by atoms with Crippen LogP contribution in [0.25, 0.3) is 0 Å². The van der Waals surface area contributed by atoms with Gasteiger partial charge in [-0.05, 0) is 68.4 Å². The molecular weight excluding hydrogens is 454 g/mol. The largest absolute Gasteiger partial charge is 0.495 e. The van der Waals surface area contributed by atoms with E-state index in [1.165, 1.54) is 42.4 Å². The fourth-order valence-electron chi connectivity index (χ4n) is 6.01. The molecule has 8 heteroatoms. The molecule has 2 saturated carbocycles. The van der Waals surface area contributed by atoms with Gasteiger partial charge in [-0.1, -0.05) is 22.8 Å². The summed E-state index contributed by atoms with van der Waals surface area (Å²) in [4.78, 5) is 22.1. The topological polar surface area (TPSA) is 74.6 Å². The Morgan fingerprint density at radius 3 is 2.50 bits per heavy atom. The van der Waals surface area contributed by atoms with Gasteiger partial charge in [0.2, 0.25) is 0 Å². The van der Waals surface area contributed by atoms with E-state index in [0.29, 0.717) is 24.7 Å². The highest BCUT2D eigenvalue weighted by atomic mass is 35.5. The molecule has 0 unspecified atom stereocenters. The molecular formula is C26H34ClN3O4. The minimum atomic E-state index is -0.701. The van der Waals surface area contributed by atoms with E-state index >= 15 is 0 Å². The van der Waals surface area contributed by atoms with Gasteiger partial charge in [0.1, 0.15) is 11.6 Å². The summed E-state index contributed by atoms with van der Waals surface area (Å²) in [6.07, 6.45) is 7.09. The van der Waals surface area contributed by atoms with E-state index in [9.17, 15) is 9.90 Å². The van der Waals surface area contributed by atoms with Crippen LogP contribution >= 0.6 is 11.6 Å². The van der Waals surface area contributed by atoms with E-state index in [2.05, 4.69) is 21.0 Å². The van der Waals surface area contributed by atoms with Crippen LogP contribution in [0.2, 0.25) is 5.02 Å². The van der Waals surface area contributed by atoms with Crippen LogP contribution in [0.1, 0.15) is 80.4 Å².